The number of methoxy groups -OCH3 is 2. The minimum Gasteiger partial charge on any atom is -0.493 e. The van der Waals surface area contributed by atoms with Crippen molar-refractivity contribution in [3.8, 4) is 23.1 Å². The van der Waals surface area contributed by atoms with Crippen LogP contribution >= 0.6 is 0 Å². The number of nitrogens with one attached hydrogen (secondary N) is 1. The van der Waals surface area contributed by atoms with Gasteiger partial charge in [-0.1, -0.05) is 0 Å². The number of benzene rings is 1. The summed E-state index contributed by atoms with van der Waals surface area (Å²) in [6.45, 7) is 4.11. The average Bonchev–Trinajstić information content (AvgIpc) is 3.33. The van der Waals surface area contributed by atoms with Crippen LogP contribution in [0.2, 0.25) is 0 Å². The Hall–Kier alpha value is -4.59. The summed E-state index contributed by atoms with van der Waals surface area (Å²) >= 11 is 0. The van der Waals surface area contributed by atoms with E-state index in [-0.39, 0.29) is 36.1 Å². The van der Waals surface area contributed by atoms with Crippen LogP contribution in [0.15, 0.2) is 47.7 Å². The van der Waals surface area contributed by atoms with Crippen LogP contribution in [0, 0.1) is 0 Å². The van der Waals surface area contributed by atoms with E-state index in [0.29, 0.717) is 28.5 Å². The third kappa shape index (κ3) is 7.47. The summed E-state index contributed by atoms with van der Waals surface area (Å²) in [5.41, 5.74) is 6.45. The fourth-order valence-electron chi connectivity index (χ4n) is 3.36. The number of nitrogens with two attached hydrogens (primary N) is 1. The smallest absolute Gasteiger partial charge is 0.422 e. The van der Waals surface area contributed by atoms with Crippen LogP contribution in [0.25, 0.3) is 5.76 Å². The number of alkyl halides is 3. The minimum absolute atomic E-state index is 0.161. The molecule has 3 N–H and O–H groups in total. The molecule has 0 aliphatic rings. The maximum absolute atomic E-state index is 12.8. The molecule has 0 saturated carbocycles. The van der Waals surface area contributed by atoms with Gasteiger partial charge in [-0.05, 0) is 31.9 Å². The molecule has 2 aromatic heterocycles. The first-order valence-corrected chi connectivity index (χ1v) is 11.4. The summed E-state index contributed by atoms with van der Waals surface area (Å²) in [5.74, 6) is 0.399. The molecule has 0 aliphatic heterocycles. The van der Waals surface area contributed by atoms with Crippen LogP contribution in [0.3, 0.4) is 0 Å². The second-order valence-corrected chi connectivity index (χ2v) is 7.77. The Morgan fingerprint density at radius 2 is 1.92 bits per heavy atom. The highest BCUT2D eigenvalue weighted by atomic mass is 19.4. The van der Waals surface area contributed by atoms with E-state index >= 15 is 0 Å². The van der Waals surface area contributed by atoms with Gasteiger partial charge < -0.3 is 30.0 Å². The number of carbonyl (C=O) groups is 1. The molecule has 2 heterocycles. The van der Waals surface area contributed by atoms with Gasteiger partial charge in [-0.25, -0.2) is 4.98 Å². The van der Waals surface area contributed by atoms with Crippen LogP contribution in [0.5, 0.6) is 23.1 Å². The van der Waals surface area contributed by atoms with E-state index in [4.69, 9.17) is 24.7 Å². The normalized spacial score (nSPS) is 11.6. The average molecular weight is 549 g/mol. The third-order valence-electron chi connectivity index (χ3n) is 5.10. The number of ether oxygens (including phenoxy) is 4. The highest BCUT2D eigenvalue weighted by Gasteiger charge is 2.30. The quantitative estimate of drug-likeness (QED) is 0.254. The Kier molecular flexibility index (Phi) is 9.49. The molecule has 0 aliphatic carbocycles. The lowest BCUT2D eigenvalue weighted by atomic mass is 10.1. The summed E-state index contributed by atoms with van der Waals surface area (Å²) in [6, 6.07) is 6.34. The summed E-state index contributed by atoms with van der Waals surface area (Å²) in [6.07, 6.45) is -0.390. The summed E-state index contributed by atoms with van der Waals surface area (Å²) in [7, 11) is 3.01. The number of aliphatic imine (C=N–C) groups is 1. The molecule has 0 saturated heterocycles. The molecule has 0 radical (unpaired) electrons. The Balaban J connectivity index is 1.77. The number of aromatic nitrogens is 3. The molecule has 0 bridgehead atoms. The molecule has 3 rings (SSSR count). The van der Waals surface area contributed by atoms with Gasteiger partial charge in [-0.3, -0.25) is 14.5 Å². The molecule has 11 nitrogen and oxygen atoms in total. The number of hydrogen-bond donors (Lipinski definition) is 2. The van der Waals surface area contributed by atoms with E-state index in [1.807, 2.05) is 0 Å². The van der Waals surface area contributed by atoms with Gasteiger partial charge in [0.15, 0.2) is 29.5 Å². The molecule has 0 atom stereocenters. The van der Waals surface area contributed by atoms with Crippen LogP contribution < -0.4 is 30.0 Å². The van der Waals surface area contributed by atoms with Gasteiger partial charge in [-0.2, -0.15) is 18.3 Å². The van der Waals surface area contributed by atoms with Gasteiger partial charge in [0.2, 0.25) is 5.88 Å². The van der Waals surface area contributed by atoms with Crippen LogP contribution in [-0.4, -0.2) is 60.9 Å². The van der Waals surface area contributed by atoms with Crippen molar-refractivity contribution in [2.75, 3.05) is 32.7 Å². The summed E-state index contributed by atoms with van der Waals surface area (Å²) in [4.78, 5) is 21.0. The summed E-state index contributed by atoms with van der Waals surface area (Å²) < 4.78 is 60.5. The van der Waals surface area contributed by atoms with E-state index < -0.39 is 18.7 Å². The third-order valence-corrected chi connectivity index (χ3v) is 5.10. The topological polar surface area (TPSA) is 135 Å². The van der Waals surface area contributed by atoms with Crippen molar-refractivity contribution in [1.29, 1.82) is 0 Å². The number of rotatable bonds is 12. The van der Waals surface area contributed by atoms with E-state index in [1.54, 1.807) is 25.1 Å². The van der Waals surface area contributed by atoms with Crippen molar-refractivity contribution in [3.63, 3.8) is 0 Å². The van der Waals surface area contributed by atoms with Crippen LogP contribution in [0.1, 0.15) is 23.0 Å². The first kappa shape index (κ1) is 29.0. The number of allylic oxidation sites excluding steroid dienone is 1. The molecule has 14 heteroatoms. The van der Waals surface area contributed by atoms with Gasteiger partial charge in [0.25, 0.3) is 5.91 Å². The Morgan fingerprint density at radius 1 is 1.21 bits per heavy atom. The Labute approximate surface area is 222 Å². The highest BCUT2D eigenvalue weighted by molar-refractivity contribution is 6.04. The van der Waals surface area contributed by atoms with Crippen molar-refractivity contribution in [1.82, 2.24) is 14.8 Å². The van der Waals surface area contributed by atoms with Crippen LogP contribution in [-0.2, 0) is 6.54 Å². The Morgan fingerprint density at radius 3 is 2.49 bits per heavy atom. The molecular formula is C25H27F3N6O5. The monoisotopic (exact) mass is 548 g/mol. The second kappa shape index (κ2) is 12.8. The molecular weight excluding hydrogens is 521 g/mol. The lowest BCUT2D eigenvalue weighted by Gasteiger charge is -2.15. The van der Waals surface area contributed by atoms with E-state index in [0.717, 1.165) is 0 Å². The first-order chi connectivity index (χ1) is 18.6. The first-order valence-electron chi connectivity index (χ1n) is 11.4. The number of hydrogen-bond acceptors (Lipinski definition) is 9. The number of amides is 1. The van der Waals surface area contributed by atoms with Crippen molar-refractivity contribution < 1.29 is 36.9 Å². The fraction of sp³-hybridized carbons (Fsp3) is 0.280. The van der Waals surface area contributed by atoms with Gasteiger partial charge in [-0.15, -0.1) is 0 Å². The number of pyridine rings is 1. The zero-order valence-electron chi connectivity index (χ0n) is 21.4. The van der Waals surface area contributed by atoms with Crippen molar-refractivity contribution >= 4 is 29.8 Å². The molecule has 3 aromatic rings. The SMILES string of the molecule is C=Nc1cc(OC)c(OC)cc1/C(=C\C)Oc1ccc(NC(=O)c2nn(CCN)cc2OCC(F)(F)F)cn1. The van der Waals surface area contributed by atoms with Crippen molar-refractivity contribution in [3.05, 3.63) is 54.0 Å². The highest BCUT2D eigenvalue weighted by Crippen LogP contribution is 2.38. The number of nitrogens with zero attached hydrogens (tertiary/aromatic N) is 4. The van der Waals surface area contributed by atoms with Gasteiger partial charge in [0, 0.05) is 24.2 Å². The van der Waals surface area contributed by atoms with Crippen LogP contribution in [0.4, 0.5) is 24.5 Å². The molecule has 208 valence electrons. The molecule has 39 heavy (non-hydrogen) atoms. The predicted molar refractivity (Wildman–Crippen MR) is 138 cm³/mol. The van der Waals surface area contributed by atoms with E-state index in [1.165, 1.54) is 43.4 Å². The number of anilines is 1. The molecule has 0 fully saturated rings. The zero-order chi connectivity index (χ0) is 28.6. The van der Waals surface area contributed by atoms with E-state index in [9.17, 15) is 18.0 Å². The second-order valence-electron chi connectivity index (χ2n) is 7.77. The maximum atomic E-state index is 12.8. The van der Waals surface area contributed by atoms with Gasteiger partial charge in [0.1, 0.15) is 5.76 Å². The lowest BCUT2D eigenvalue weighted by Crippen LogP contribution is -2.21. The molecule has 0 unspecified atom stereocenters. The van der Waals surface area contributed by atoms with Crippen molar-refractivity contribution in [2.45, 2.75) is 19.6 Å². The predicted octanol–water partition coefficient (Wildman–Crippen LogP) is 4.22. The molecule has 1 aromatic carbocycles. The van der Waals surface area contributed by atoms with Gasteiger partial charge in [0.05, 0.1) is 44.5 Å². The molecule has 1 amide bonds. The maximum Gasteiger partial charge on any atom is 0.422 e. The number of halogens is 3. The number of carbonyl (C=O) groups excluding carboxylic acids is 1. The molecule has 0 spiro atoms. The minimum atomic E-state index is -4.59. The fourth-order valence-corrected chi connectivity index (χ4v) is 3.36. The lowest BCUT2D eigenvalue weighted by molar-refractivity contribution is -0.153. The van der Waals surface area contributed by atoms with Crippen molar-refractivity contribution in [2.24, 2.45) is 10.7 Å². The van der Waals surface area contributed by atoms with E-state index in [2.05, 4.69) is 27.1 Å². The standard InChI is InChI=1S/C25H27F3N6O5/c1-5-18(16-10-19(36-3)20(37-4)11-17(16)30-2)39-22-7-6-15(12-31-22)32-24(35)23-21(38-14-25(26,27)28)13-34(33-23)9-8-29/h5-7,10-13H,2,8-9,14,29H2,1,3-4H3,(H,32,35)/b18-5+. The zero-order valence-corrected chi connectivity index (χ0v) is 21.4. The Bertz CT molecular complexity index is 1340. The van der Waals surface area contributed by atoms with Gasteiger partial charge >= 0.3 is 6.18 Å². The summed E-state index contributed by atoms with van der Waals surface area (Å²) in [5, 5.41) is 6.52. The largest absolute Gasteiger partial charge is 0.493 e.